The van der Waals surface area contributed by atoms with Gasteiger partial charge in [0.2, 0.25) is 16.1 Å². The van der Waals surface area contributed by atoms with Gasteiger partial charge in [-0.2, -0.15) is 0 Å². The molecule has 10 heteroatoms. The quantitative estimate of drug-likeness (QED) is 0.645. The number of carbonyl (C=O) groups excluding carboxylic acids is 2. The Kier molecular flexibility index (Phi) is 6.81. The lowest BCUT2D eigenvalue weighted by atomic mass is 10.1. The Morgan fingerprint density at radius 2 is 1.94 bits per heavy atom. The largest absolute Gasteiger partial charge is 0.495 e. The zero-order valence-corrected chi connectivity index (χ0v) is 18.3. The molecule has 1 N–H and O–H groups in total. The van der Waals surface area contributed by atoms with Crippen LogP contribution in [0, 0.1) is 0 Å². The summed E-state index contributed by atoms with van der Waals surface area (Å²) in [6.07, 6.45) is -0.392. The van der Waals surface area contributed by atoms with Gasteiger partial charge >= 0.3 is 5.97 Å². The van der Waals surface area contributed by atoms with Crippen LogP contribution in [0.3, 0.4) is 0 Å². The van der Waals surface area contributed by atoms with E-state index < -0.39 is 28.0 Å². The molecule has 166 valence electrons. The van der Waals surface area contributed by atoms with E-state index in [0.717, 1.165) is 0 Å². The Bertz CT molecular complexity index is 1080. The molecule has 0 saturated carbocycles. The van der Waals surface area contributed by atoms with Gasteiger partial charge in [-0.05, 0) is 36.8 Å². The third-order valence-electron chi connectivity index (χ3n) is 4.73. The van der Waals surface area contributed by atoms with E-state index in [9.17, 15) is 18.0 Å². The fourth-order valence-corrected chi connectivity index (χ4v) is 4.50. The molecule has 1 aliphatic heterocycles. The Morgan fingerprint density at radius 3 is 2.61 bits per heavy atom. The van der Waals surface area contributed by atoms with Gasteiger partial charge in [0.15, 0.2) is 0 Å². The van der Waals surface area contributed by atoms with Gasteiger partial charge in [0.05, 0.1) is 26.5 Å². The summed E-state index contributed by atoms with van der Waals surface area (Å²) in [6, 6.07) is 11.0. The minimum absolute atomic E-state index is 0.0787. The number of benzene rings is 2. The van der Waals surface area contributed by atoms with E-state index in [4.69, 9.17) is 14.2 Å². The first-order valence-corrected chi connectivity index (χ1v) is 11.1. The molecule has 1 amide bonds. The highest BCUT2D eigenvalue weighted by Crippen LogP contribution is 2.35. The van der Waals surface area contributed by atoms with Gasteiger partial charge < -0.3 is 19.1 Å². The van der Waals surface area contributed by atoms with Crippen LogP contribution in [0.1, 0.15) is 23.7 Å². The van der Waals surface area contributed by atoms with E-state index in [1.54, 1.807) is 24.3 Å². The van der Waals surface area contributed by atoms with Crippen molar-refractivity contribution in [3.63, 3.8) is 0 Å². The van der Waals surface area contributed by atoms with Crippen molar-refractivity contribution in [3.05, 3.63) is 48.0 Å². The minimum atomic E-state index is -3.89. The van der Waals surface area contributed by atoms with E-state index >= 15 is 0 Å². The highest BCUT2D eigenvalue weighted by molar-refractivity contribution is 7.89. The first kappa shape index (κ1) is 22.6. The van der Waals surface area contributed by atoms with Gasteiger partial charge in [0.1, 0.15) is 16.4 Å². The highest BCUT2D eigenvalue weighted by Gasteiger charge is 2.35. The van der Waals surface area contributed by atoms with E-state index in [0.29, 0.717) is 17.9 Å². The van der Waals surface area contributed by atoms with Gasteiger partial charge in [-0.25, -0.2) is 17.9 Å². The van der Waals surface area contributed by atoms with Crippen LogP contribution in [0.5, 0.6) is 11.5 Å². The summed E-state index contributed by atoms with van der Waals surface area (Å²) in [5, 5.41) is 0. The van der Waals surface area contributed by atoms with Crippen molar-refractivity contribution in [2.45, 2.75) is 24.3 Å². The molecule has 0 radical (unpaired) electrons. The molecule has 1 heterocycles. The average Bonchev–Trinajstić information content (AvgIpc) is 2.80. The zero-order chi connectivity index (χ0) is 22.6. The second kappa shape index (κ2) is 9.36. The molecular weight excluding hydrogens is 424 g/mol. The minimum Gasteiger partial charge on any atom is -0.495 e. The number of ether oxygens (including phenoxy) is 3. The maximum atomic E-state index is 13.4. The van der Waals surface area contributed by atoms with Crippen LogP contribution in [0.15, 0.2) is 47.4 Å². The van der Waals surface area contributed by atoms with Crippen LogP contribution >= 0.6 is 0 Å². The molecule has 1 unspecified atom stereocenters. The monoisotopic (exact) mass is 448 g/mol. The Labute approximate surface area is 181 Å². The topological polar surface area (TPSA) is 111 Å². The summed E-state index contributed by atoms with van der Waals surface area (Å²) in [6.45, 7) is 2.01. The van der Waals surface area contributed by atoms with Gasteiger partial charge in [0.25, 0.3) is 5.91 Å². The Balaban J connectivity index is 2.02. The van der Waals surface area contributed by atoms with E-state index in [1.807, 2.05) is 6.92 Å². The molecule has 3 rings (SSSR count). The number of methoxy groups -OCH3 is 2. The van der Waals surface area contributed by atoms with Gasteiger partial charge in [-0.3, -0.25) is 4.79 Å². The highest BCUT2D eigenvalue weighted by atomic mass is 32.2. The number of carbonyl (C=O) groups is 2. The molecular formula is C21H24N2O7S. The lowest BCUT2D eigenvalue weighted by Gasteiger charge is -2.33. The number of para-hydroxylation sites is 2. The summed E-state index contributed by atoms with van der Waals surface area (Å²) >= 11 is 0. The zero-order valence-electron chi connectivity index (χ0n) is 17.5. The molecule has 0 aromatic heterocycles. The number of hydrogen-bond donors (Lipinski definition) is 1. The Hall–Kier alpha value is -3.11. The van der Waals surface area contributed by atoms with Gasteiger partial charge in [0, 0.05) is 12.1 Å². The fraction of sp³-hybridized carbons (Fsp3) is 0.333. The number of nitrogens with one attached hydrogen (secondary N) is 1. The molecule has 0 spiro atoms. The smallest absolute Gasteiger partial charge is 0.348 e. The standard InChI is InChI=1S/C21H24N2O7S/c1-4-11-22-31(26,27)19-12-14(9-10-17(19)28-2)20(24)23-13-18(21(25)29-3)30-16-8-6-5-7-15(16)23/h5-10,12,18,22H,4,11,13H2,1-3H3. The van der Waals surface area contributed by atoms with E-state index in [1.165, 1.54) is 37.3 Å². The number of fused-ring (bicyclic) bond motifs is 1. The number of esters is 1. The third kappa shape index (κ3) is 4.64. The molecule has 0 saturated heterocycles. The summed E-state index contributed by atoms with van der Waals surface area (Å²) in [4.78, 5) is 26.7. The molecule has 9 nitrogen and oxygen atoms in total. The molecule has 31 heavy (non-hydrogen) atoms. The van der Waals surface area contributed by atoms with Crippen LogP contribution < -0.4 is 19.1 Å². The fourth-order valence-electron chi connectivity index (χ4n) is 3.17. The van der Waals surface area contributed by atoms with Crippen molar-refractivity contribution in [2.24, 2.45) is 0 Å². The normalized spacial score (nSPS) is 15.6. The molecule has 2 aromatic carbocycles. The van der Waals surface area contributed by atoms with Crippen LogP contribution in [0.2, 0.25) is 0 Å². The van der Waals surface area contributed by atoms with Crippen molar-refractivity contribution in [1.82, 2.24) is 4.72 Å². The number of rotatable bonds is 7. The molecule has 1 aliphatic rings. The molecule has 0 fully saturated rings. The van der Waals surface area contributed by atoms with Crippen LogP contribution in [-0.4, -0.2) is 53.7 Å². The molecule has 0 aliphatic carbocycles. The van der Waals surface area contributed by atoms with Crippen LogP contribution in [-0.2, 0) is 19.6 Å². The summed E-state index contributed by atoms with van der Waals surface area (Å²) in [5.74, 6) is -0.633. The molecule has 0 bridgehead atoms. The van der Waals surface area contributed by atoms with Crippen LogP contribution in [0.4, 0.5) is 5.69 Å². The lowest BCUT2D eigenvalue weighted by molar-refractivity contribution is -0.148. The summed E-state index contributed by atoms with van der Waals surface area (Å²) in [5.41, 5.74) is 0.593. The second-order valence-electron chi connectivity index (χ2n) is 6.78. The van der Waals surface area contributed by atoms with Crippen LogP contribution in [0.25, 0.3) is 0 Å². The predicted molar refractivity (Wildman–Crippen MR) is 113 cm³/mol. The SMILES string of the molecule is CCCNS(=O)(=O)c1cc(C(=O)N2CC(C(=O)OC)Oc3ccccc32)ccc1OC. The van der Waals surface area contributed by atoms with E-state index in [2.05, 4.69) is 4.72 Å². The Morgan fingerprint density at radius 1 is 1.19 bits per heavy atom. The predicted octanol–water partition coefficient (Wildman–Crippen LogP) is 1.96. The number of anilines is 1. The van der Waals surface area contributed by atoms with Crippen molar-refractivity contribution < 1.29 is 32.2 Å². The first-order valence-electron chi connectivity index (χ1n) is 9.65. The van der Waals surface area contributed by atoms with Gasteiger partial charge in [-0.1, -0.05) is 19.1 Å². The van der Waals surface area contributed by atoms with Crippen molar-refractivity contribution >= 4 is 27.6 Å². The maximum absolute atomic E-state index is 13.4. The lowest BCUT2D eigenvalue weighted by Crippen LogP contribution is -2.47. The van der Waals surface area contributed by atoms with Gasteiger partial charge in [-0.15, -0.1) is 0 Å². The summed E-state index contributed by atoms with van der Waals surface area (Å²) < 4.78 is 43.5. The maximum Gasteiger partial charge on any atom is 0.348 e. The van der Waals surface area contributed by atoms with Crippen molar-refractivity contribution in [1.29, 1.82) is 0 Å². The third-order valence-corrected chi connectivity index (χ3v) is 6.21. The number of nitrogens with zero attached hydrogens (tertiary/aromatic N) is 1. The number of sulfonamides is 1. The average molecular weight is 448 g/mol. The summed E-state index contributed by atoms with van der Waals surface area (Å²) in [7, 11) is -1.29. The number of amides is 1. The molecule has 1 atom stereocenters. The first-order chi connectivity index (χ1) is 14.8. The number of hydrogen-bond acceptors (Lipinski definition) is 7. The van der Waals surface area contributed by atoms with Crippen molar-refractivity contribution in [3.8, 4) is 11.5 Å². The van der Waals surface area contributed by atoms with Crippen molar-refractivity contribution in [2.75, 3.05) is 32.2 Å². The van der Waals surface area contributed by atoms with E-state index in [-0.39, 0.29) is 29.3 Å². The molecule has 2 aromatic rings. The second-order valence-corrected chi connectivity index (χ2v) is 8.51.